The number of hydrogen-bond acceptors (Lipinski definition) is 5. The lowest BCUT2D eigenvalue weighted by Gasteiger charge is -2.23. The van der Waals surface area contributed by atoms with Crippen molar-refractivity contribution in [2.45, 2.75) is 25.6 Å². The summed E-state index contributed by atoms with van der Waals surface area (Å²) in [6, 6.07) is 9.85. The van der Waals surface area contributed by atoms with Gasteiger partial charge in [-0.3, -0.25) is 4.79 Å². The molecule has 1 saturated heterocycles. The zero-order valence-electron chi connectivity index (χ0n) is 10.5. The van der Waals surface area contributed by atoms with E-state index in [9.17, 15) is 9.59 Å². The number of hydrogen-bond donors (Lipinski definition) is 0. The molecule has 1 heterocycles. The average molecular weight is 264 g/mol. The Bertz CT molecular complexity index is 421. The summed E-state index contributed by atoms with van der Waals surface area (Å²) in [7, 11) is 0. The Morgan fingerprint density at radius 1 is 1.26 bits per heavy atom. The van der Waals surface area contributed by atoms with Crippen LogP contribution in [0.2, 0.25) is 0 Å². The topological polar surface area (TPSA) is 61.8 Å². The highest BCUT2D eigenvalue weighted by molar-refractivity contribution is 5.89. The monoisotopic (exact) mass is 264 g/mol. The van der Waals surface area contributed by atoms with E-state index in [1.807, 2.05) is 30.3 Å². The molecule has 5 heteroatoms. The summed E-state index contributed by atoms with van der Waals surface area (Å²) in [5.74, 6) is -0.823. The lowest BCUT2D eigenvalue weighted by molar-refractivity contribution is -0.185. The molecule has 0 saturated carbocycles. The largest absolute Gasteiger partial charge is 0.463 e. The Morgan fingerprint density at radius 2 is 2.00 bits per heavy atom. The number of rotatable bonds is 7. The first-order valence-corrected chi connectivity index (χ1v) is 6.23. The summed E-state index contributed by atoms with van der Waals surface area (Å²) < 4.78 is 15.0. The van der Waals surface area contributed by atoms with E-state index in [4.69, 9.17) is 9.47 Å². The zero-order valence-corrected chi connectivity index (χ0v) is 10.5. The van der Waals surface area contributed by atoms with Crippen LogP contribution in [0.25, 0.3) is 0 Å². The fraction of sp³-hybridized carbons (Fsp3) is 0.429. The average Bonchev–Trinajstić information content (AvgIpc) is 2.40. The van der Waals surface area contributed by atoms with Gasteiger partial charge < -0.3 is 14.2 Å². The van der Waals surface area contributed by atoms with Gasteiger partial charge in [0.05, 0.1) is 26.2 Å². The van der Waals surface area contributed by atoms with E-state index >= 15 is 0 Å². The maximum atomic E-state index is 11.3. The summed E-state index contributed by atoms with van der Waals surface area (Å²) in [6.07, 6.45) is 0.0560. The minimum Gasteiger partial charge on any atom is -0.463 e. The van der Waals surface area contributed by atoms with E-state index in [0.29, 0.717) is 19.6 Å². The molecule has 0 spiro atoms. The van der Waals surface area contributed by atoms with Gasteiger partial charge in [0.25, 0.3) is 0 Å². The van der Waals surface area contributed by atoms with E-state index in [-0.39, 0.29) is 19.0 Å². The summed E-state index contributed by atoms with van der Waals surface area (Å²) >= 11 is 0. The van der Waals surface area contributed by atoms with Gasteiger partial charge in [0.2, 0.25) is 6.10 Å². The third kappa shape index (κ3) is 4.37. The molecule has 0 radical (unpaired) electrons. The predicted octanol–water partition coefficient (Wildman–Crippen LogP) is 1.45. The lowest BCUT2D eigenvalue weighted by Crippen LogP contribution is -2.40. The standard InChI is InChI=1S/C14H16O5/c15-13-9-12(19-13)14(16)18-8-4-7-17-10-11-5-2-1-3-6-11/h1-3,5-6,12H,4,7-10H2. The summed E-state index contributed by atoms with van der Waals surface area (Å²) in [6.45, 7) is 1.35. The quantitative estimate of drug-likeness (QED) is 0.551. The van der Waals surface area contributed by atoms with Gasteiger partial charge in [-0.05, 0) is 5.56 Å². The molecule has 1 aliphatic rings. The molecular formula is C14H16O5. The molecule has 1 aromatic carbocycles. The molecule has 1 atom stereocenters. The molecule has 1 aliphatic heterocycles. The highest BCUT2D eigenvalue weighted by Gasteiger charge is 2.36. The van der Waals surface area contributed by atoms with Crippen molar-refractivity contribution in [3.63, 3.8) is 0 Å². The molecule has 1 unspecified atom stereocenters. The Labute approximate surface area is 111 Å². The third-order valence-corrected chi connectivity index (χ3v) is 2.68. The van der Waals surface area contributed by atoms with Crippen LogP contribution < -0.4 is 0 Å². The highest BCUT2D eigenvalue weighted by atomic mass is 16.6. The van der Waals surface area contributed by atoms with Crippen LogP contribution in [0.1, 0.15) is 18.4 Å². The van der Waals surface area contributed by atoms with Crippen LogP contribution >= 0.6 is 0 Å². The number of benzene rings is 1. The van der Waals surface area contributed by atoms with Gasteiger partial charge in [-0.25, -0.2) is 4.79 Å². The summed E-state index contributed by atoms with van der Waals surface area (Å²) in [4.78, 5) is 21.8. The molecule has 0 aromatic heterocycles. The minimum atomic E-state index is -0.697. The zero-order chi connectivity index (χ0) is 13.5. The second-order valence-electron chi connectivity index (χ2n) is 4.24. The normalized spacial score (nSPS) is 17.5. The van der Waals surface area contributed by atoms with Crippen molar-refractivity contribution in [3.8, 4) is 0 Å². The number of carbonyl (C=O) groups is 2. The number of carbonyl (C=O) groups excluding carboxylic acids is 2. The first kappa shape index (κ1) is 13.5. The molecule has 19 heavy (non-hydrogen) atoms. The summed E-state index contributed by atoms with van der Waals surface area (Å²) in [5.41, 5.74) is 1.11. The molecule has 2 rings (SSSR count). The van der Waals surface area contributed by atoms with Crippen LogP contribution in [0, 0.1) is 0 Å². The maximum Gasteiger partial charge on any atom is 0.348 e. The Balaban J connectivity index is 1.48. The van der Waals surface area contributed by atoms with E-state index in [0.717, 1.165) is 5.56 Å². The minimum absolute atomic E-state index is 0.128. The first-order chi connectivity index (χ1) is 9.25. The fourth-order valence-corrected chi connectivity index (χ4v) is 1.62. The van der Waals surface area contributed by atoms with E-state index < -0.39 is 12.1 Å². The van der Waals surface area contributed by atoms with Crippen LogP contribution in [-0.2, 0) is 30.4 Å². The molecule has 102 valence electrons. The molecule has 5 nitrogen and oxygen atoms in total. The number of esters is 2. The van der Waals surface area contributed by atoms with Gasteiger partial charge in [-0.15, -0.1) is 0 Å². The van der Waals surface area contributed by atoms with E-state index in [1.54, 1.807) is 0 Å². The number of ether oxygens (including phenoxy) is 3. The van der Waals surface area contributed by atoms with Crippen LogP contribution in [-0.4, -0.2) is 31.3 Å². The lowest BCUT2D eigenvalue weighted by atomic mass is 10.2. The van der Waals surface area contributed by atoms with Gasteiger partial charge in [0.1, 0.15) is 0 Å². The molecular weight excluding hydrogens is 248 g/mol. The second kappa shape index (κ2) is 6.89. The smallest absolute Gasteiger partial charge is 0.348 e. The Hall–Kier alpha value is -1.88. The van der Waals surface area contributed by atoms with Gasteiger partial charge in [-0.1, -0.05) is 30.3 Å². The van der Waals surface area contributed by atoms with Crippen molar-refractivity contribution in [2.24, 2.45) is 0 Å². The number of cyclic esters (lactones) is 1. The van der Waals surface area contributed by atoms with Crippen molar-refractivity contribution in [1.82, 2.24) is 0 Å². The van der Waals surface area contributed by atoms with Crippen LogP contribution in [0.5, 0.6) is 0 Å². The maximum absolute atomic E-state index is 11.3. The summed E-state index contributed by atoms with van der Waals surface area (Å²) in [5, 5.41) is 0. The van der Waals surface area contributed by atoms with Gasteiger partial charge in [0, 0.05) is 6.42 Å². The third-order valence-electron chi connectivity index (χ3n) is 2.68. The van der Waals surface area contributed by atoms with Crippen molar-refractivity contribution in [3.05, 3.63) is 35.9 Å². The van der Waals surface area contributed by atoms with Crippen molar-refractivity contribution in [1.29, 1.82) is 0 Å². The van der Waals surface area contributed by atoms with Crippen molar-refractivity contribution < 1.29 is 23.8 Å². The fourth-order valence-electron chi connectivity index (χ4n) is 1.62. The van der Waals surface area contributed by atoms with Crippen molar-refractivity contribution in [2.75, 3.05) is 13.2 Å². The second-order valence-corrected chi connectivity index (χ2v) is 4.24. The highest BCUT2D eigenvalue weighted by Crippen LogP contribution is 2.14. The van der Waals surface area contributed by atoms with Gasteiger partial charge >= 0.3 is 11.9 Å². The molecule has 0 N–H and O–H groups in total. The van der Waals surface area contributed by atoms with E-state index in [1.165, 1.54) is 0 Å². The van der Waals surface area contributed by atoms with Crippen molar-refractivity contribution >= 4 is 11.9 Å². The van der Waals surface area contributed by atoms with Gasteiger partial charge in [0.15, 0.2) is 0 Å². The van der Waals surface area contributed by atoms with Crippen LogP contribution in [0.4, 0.5) is 0 Å². The first-order valence-electron chi connectivity index (χ1n) is 6.23. The van der Waals surface area contributed by atoms with E-state index in [2.05, 4.69) is 4.74 Å². The Kier molecular flexibility index (Phi) is 4.92. The van der Waals surface area contributed by atoms with Crippen LogP contribution in [0.15, 0.2) is 30.3 Å². The predicted molar refractivity (Wildman–Crippen MR) is 66.2 cm³/mol. The molecule has 0 amide bonds. The van der Waals surface area contributed by atoms with Gasteiger partial charge in [-0.2, -0.15) is 0 Å². The molecule has 0 aliphatic carbocycles. The Morgan fingerprint density at radius 3 is 2.68 bits per heavy atom. The SMILES string of the molecule is O=C1CC(C(=O)OCCCOCc2ccccc2)O1. The van der Waals surface area contributed by atoms with Crippen LogP contribution in [0.3, 0.4) is 0 Å². The molecule has 1 aromatic rings. The molecule has 0 bridgehead atoms. The molecule has 1 fully saturated rings.